The number of nitrogens with zero attached hydrogens (tertiary/aromatic N) is 2. The van der Waals surface area contributed by atoms with Crippen LogP contribution in [0.1, 0.15) is 35.8 Å². The van der Waals surface area contributed by atoms with E-state index in [1.54, 1.807) is 0 Å². The lowest BCUT2D eigenvalue weighted by atomic mass is 10.1. The molecule has 110 valence electrons. The Kier molecular flexibility index (Phi) is 3.75. The van der Waals surface area contributed by atoms with Crippen molar-refractivity contribution in [2.75, 3.05) is 6.54 Å². The number of carbonyl (C=O) groups is 1. The minimum atomic E-state index is -0.0676. The third kappa shape index (κ3) is 2.69. The van der Waals surface area contributed by atoms with Crippen molar-refractivity contribution in [2.45, 2.75) is 32.4 Å². The Hall–Kier alpha value is -2.14. The van der Waals surface area contributed by atoms with Gasteiger partial charge in [-0.3, -0.25) is 4.79 Å². The first-order valence-electron chi connectivity index (χ1n) is 7.15. The van der Waals surface area contributed by atoms with Gasteiger partial charge in [0.2, 0.25) is 5.89 Å². The summed E-state index contributed by atoms with van der Waals surface area (Å²) < 4.78 is 5.42. The summed E-state index contributed by atoms with van der Waals surface area (Å²) in [7, 11) is 0. The number of hydrogen-bond acceptors (Lipinski definition) is 4. The molecule has 0 saturated carbocycles. The van der Waals surface area contributed by atoms with Crippen LogP contribution in [0.5, 0.6) is 0 Å². The van der Waals surface area contributed by atoms with Crippen molar-refractivity contribution < 1.29 is 14.3 Å². The van der Waals surface area contributed by atoms with Crippen molar-refractivity contribution in [1.82, 2.24) is 9.88 Å². The Balaban J connectivity index is 1.80. The fourth-order valence-electron chi connectivity index (χ4n) is 2.64. The molecule has 0 bridgehead atoms. The second kappa shape index (κ2) is 5.69. The molecule has 1 saturated heterocycles. The van der Waals surface area contributed by atoms with E-state index in [2.05, 4.69) is 11.9 Å². The highest BCUT2D eigenvalue weighted by Gasteiger charge is 2.28. The minimum absolute atomic E-state index is 0.00243. The van der Waals surface area contributed by atoms with Crippen molar-refractivity contribution in [3.05, 3.63) is 41.8 Å². The number of hydrogen-bond donors (Lipinski definition) is 1. The third-order valence-corrected chi connectivity index (χ3v) is 3.92. The van der Waals surface area contributed by atoms with E-state index in [9.17, 15) is 4.79 Å². The summed E-state index contributed by atoms with van der Waals surface area (Å²) in [4.78, 5) is 18.5. The highest BCUT2D eigenvalue weighted by atomic mass is 16.3. The van der Waals surface area contributed by atoms with Crippen LogP contribution in [0.3, 0.4) is 0 Å². The van der Waals surface area contributed by atoms with Crippen molar-refractivity contribution in [3.8, 4) is 11.5 Å². The van der Waals surface area contributed by atoms with Gasteiger partial charge in [0.05, 0.1) is 6.61 Å². The topological polar surface area (TPSA) is 66.6 Å². The summed E-state index contributed by atoms with van der Waals surface area (Å²) in [6.45, 7) is 2.84. The van der Waals surface area contributed by atoms with Gasteiger partial charge >= 0.3 is 0 Å². The first-order chi connectivity index (χ1) is 10.2. The summed E-state index contributed by atoms with van der Waals surface area (Å²) >= 11 is 0. The standard InChI is InChI=1S/C16H18N2O3/c1-11-3-2-8-18(11)16(20)14-10-21-15(17-14)13-6-4-12(9-19)5-7-13/h4-7,10-11,19H,2-3,8-9H2,1H3/t11-/m1/s1. The quantitative estimate of drug-likeness (QED) is 0.941. The van der Waals surface area contributed by atoms with Crippen LogP contribution in [0.2, 0.25) is 0 Å². The summed E-state index contributed by atoms with van der Waals surface area (Å²) in [6, 6.07) is 7.53. The highest BCUT2D eigenvalue weighted by molar-refractivity contribution is 5.92. The van der Waals surface area contributed by atoms with Gasteiger partial charge in [-0.15, -0.1) is 0 Å². The molecule has 21 heavy (non-hydrogen) atoms. The largest absolute Gasteiger partial charge is 0.444 e. The van der Waals surface area contributed by atoms with E-state index in [-0.39, 0.29) is 18.6 Å². The van der Waals surface area contributed by atoms with Gasteiger partial charge < -0.3 is 14.4 Å². The number of likely N-dealkylation sites (tertiary alicyclic amines) is 1. The Bertz CT molecular complexity index is 633. The predicted octanol–water partition coefficient (Wildman–Crippen LogP) is 2.46. The van der Waals surface area contributed by atoms with Gasteiger partial charge in [-0.25, -0.2) is 4.98 Å². The number of aliphatic hydroxyl groups is 1. The molecular weight excluding hydrogens is 268 g/mol. The molecule has 5 heteroatoms. The fraction of sp³-hybridized carbons (Fsp3) is 0.375. The molecule has 3 rings (SSSR count). The summed E-state index contributed by atoms with van der Waals surface area (Å²) in [5.74, 6) is 0.358. The zero-order valence-electron chi connectivity index (χ0n) is 12.0. The monoisotopic (exact) mass is 286 g/mol. The van der Waals surface area contributed by atoms with Crippen LogP contribution in [0.15, 0.2) is 34.9 Å². The summed E-state index contributed by atoms with van der Waals surface area (Å²) in [5, 5.41) is 9.03. The van der Waals surface area contributed by atoms with Crippen LogP contribution >= 0.6 is 0 Å². The van der Waals surface area contributed by atoms with Crippen LogP contribution in [-0.4, -0.2) is 33.5 Å². The van der Waals surface area contributed by atoms with Crippen molar-refractivity contribution in [3.63, 3.8) is 0 Å². The zero-order chi connectivity index (χ0) is 14.8. The number of benzene rings is 1. The van der Waals surface area contributed by atoms with E-state index in [1.807, 2.05) is 29.2 Å². The van der Waals surface area contributed by atoms with Crippen LogP contribution in [0.25, 0.3) is 11.5 Å². The van der Waals surface area contributed by atoms with E-state index in [0.717, 1.165) is 30.5 Å². The van der Waals surface area contributed by atoms with Gasteiger partial charge in [-0.1, -0.05) is 12.1 Å². The Labute approximate surface area is 123 Å². The van der Waals surface area contributed by atoms with Gasteiger partial charge in [0, 0.05) is 18.2 Å². The molecular formula is C16H18N2O3. The smallest absolute Gasteiger partial charge is 0.276 e. The summed E-state index contributed by atoms with van der Waals surface area (Å²) in [6.07, 6.45) is 3.50. The van der Waals surface area contributed by atoms with E-state index in [1.165, 1.54) is 6.26 Å². The minimum Gasteiger partial charge on any atom is -0.444 e. The lowest BCUT2D eigenvalue weighted by molar-refractivity contribution is 0.0741. The van der Waals surface area contributed by atoms with Crippen LogP contribution < -0.4 is 0 Å². The molecule has 0 radical (unpaired) electrons. The van der Waals surface area contributed by atoms with Gasteiger partial charge in [0.15, 0.2) is 5.69 Å². The maximum absolute atomic E-state index is 12.4. The molecule has 1 N–H and O–H groups in total. The zero-order valence-corrected chi connectivity index (χ0v) is 12.0. The van der Waals surface area contributed by atoms with Gasteiger partial charge in [-0.05, 0) is 37.5 Å². The van der Waals surface area contributed by atoms with E-state index in [4.69, 9.17) is 9.52 Å². The molecule has 1 aromatic heterocycles. The molecule has 1 amide bonds. The van der Waals surface area contributed by atoms with Crippen LogP contribution in [0.4, 0.5) is 0 Å². The highest BCUT2D eigenvalue weighted by Crippen LogP contribution is 2.23. The third-order valence-electron chi connectivity index (χ3n) is 3.92. The number of aromatic nitrogens is 1. The molecule has 2 aromatic rings. The average Bonchev–Trinajstić information content (AvgIpc) is 3.16. The number of amides is 1. The molecule has 5 nitrogen and oxygen atoms in total. The molecule has 2 heterocycles. The second-order valence-corrected chi connectivity index (χ2v) is 5.38. The Morgan fingerprint density at radius 2 is 2.19 bits per heavy atom. The first kappa shape index (κ1) is 13.8. The SMILES string of the molecule is C[C@@H]1CCCN1C(=O)c1coc(-c2ccc(CO)cc2)n1. The lowest BCUT2D eigenvalue weighted by Crippen LogP contribution is -2.33. The summed E-state index contributed by atoms with van der Waals surface area (Å²) in [5.41, 5.74) is 1.97. The van der Waals surface area contributed by atoms with E-state index in [0.29, 0.717) is 11.6 Å². The Morgan fingerprint density at radius 3 is 2.81 bits per heavy atom. The molecule has 1 aliphatic heterocycles. The maximum atomic E-state index is 12.4. The van der Waals surface area contributed by atoms with Gasteiger partial charge in [0.25, 0.3) is 5.91 Å². The normalized spacial score (nSPS) is 18.2. The number of aliphatic hydroxyl groups excluding tert-OH is 1. The molecule has 1 atom stereocenters. The Morgan fingerprint density at radius 1 is 1.43 bits per heavy atom. The maximum Gasteiger partial charge on any atom is 0.276 e. The lowest BCUT2D eigenvalue weighted by Gasteiger charge is -2.19. The molecule has 1 aliphatic rings. The van der Waals surface area contributed by atoms with Crippen molar-refractivity contribution in [1.29, 1.82) is 0 Å². The molecule has 0 aliphatic carbocycles. The van der Waals surface area contributed by atoms with Gasteiger partial charge in [0.1, 0.15) is 6.26 Å². The molecule has 0 unspecified atom stereocenters. The number of carbonyl (C=O) groups excluding carboxylic acids is 1. The predicted molar refractivity (Wildman–Crippen MR) is 77.6 cm³/mol. The van der Waals surface area contributed by atoms with E-state index >= 15 is 0 Å². The van der Waals surface area contributed by atoms with Crippen molar-refractivity contribution in [2.24, 2.45) is 0 Å². The first-order valence-corrected chi connectivity index (χ1v) is 7.15. The number of rotatable bonds is 3. The van der Waals surface area contributed by atoms with Crippen LogP contribution in [0, 0.1) is 0 Å². The molecule has 1 aromatic carbocycles. The second-order valence-electron chi connectivity index (χ2n) is 5.38. The molecule has 0 spiro atoms. The molecule has 1 fully saturated rings. The van der Waals surface area contributed by atoms with Gasteiger partial charge in [-0.2, -0.15) is 0 Å². The average molecular weight is 286 g/mol. The van der Waals surface area contributed by atoms with E-state index < -0.39 is 0 Å². The van der Waals surface area contributed by atoms with Crippen molar-refractivity contribution >= 4 is 5.91 Å². The number of oxazole rings is 1. The fourth-order valence-corrected chi connectivity index (χ4v) is 2.64. The van der Waals surface area contributed by atoms with Crippen LogP contribution in [-0.2, 0) is 6.61 Å².